The molecule has 1 fully saturated rings. The Morgan fingerprint density at radius 3 is 2.53 bits per heavy atom. The first-order chi connectivity index (χ1) is 14.3. The molecule has 3 rings (SSSR count). The van der Waals surface area contributed by atoms with E-state index in [9.17, 15) is 8.42 Å². The number of hydrogen-bond acceptors (Lipinski definition) is 7. The van der Waals surface area contributed by atoms with Crippen LogP contribution < -0.4 is 9.47 Å². The van der Waals surface area contributed by atoms with Gasteiger partial charge in [-0.05, 0) is 18.2 Å². The summed E-state index contributed by atoms with van der Waals surface area (Å²) < 4.78 is 44.2. The zero-order valence-corrected chi connectivity index (χ0v) is 18.2. The van der Waals surface area contributed by atoms with Crippen molar-refractivity contribution in [2.75, 3.05) is 47.3 Å². The molecule has 2 aromatic rings. The maximum Gasteiger partial charge on any atom is 0.290 e. The third-order valence-corrected chi connectivity index (χ3v) is 6.78. The molecule has 2 heterocycles. The number of hydrogen-bond donors (Lipinski definition) is 1. The Kier molecular flexibility index (Phi) is 8.21. The molecule has 0 saturated carbocycles. The van der Waals surface area contributed by atoms with E-state index >= 15 is 0 Å². The molecule has 0 radical (unpaired) electrons. The number of nitrogens with zero attached hydrogens (tertiary/aromatic N) is 3. The normalized spacial score (nSPS) is 18.6. The van der Waals surface area contributed by atoms with Crippen LogP contribution in [0.15, 0.2) is 30.6 Å². The van der Waals surface area contributed by atoms with Gasteiger partial charge in [0.05, 0.1) is 39.2 Å². The SMILES string of the molecule is COc1ccc(-c2nccn2[C@@H]2COC[C@H]2CS(=O)(=O)N(C)C)cc1OC.O=CO. The number of aromatic nitrogens is 2. The van der Waals surface area contributed by atoms with Gasteiger partial charge < -0.3 is 23.9 Å². The van der Waals surface area contributed by atoms with Gasteiger partial charge in [-0.1, -0.05) is 0 Å². The van der Waals surface area contributed by atoms with Crippen molar-refractivity contribution >= 4 is 16.5 Å². The minimum atomic E-state index is -3.32. The lowest BCUT2D eigenvalue weighted by Gasteiger charge is -2.22. The molecule has 0 unspecified atom stereocenters. The van der Waals surface area contributed by atoms with E-state index in [-0.39, 0.29) is 24.2 Å². The van der Waals surface area contributed by atoms with E-state index in [4.69, 9.17) is 24.1 Å². The van der Waals surface area contributed by atoms with Gasteiger partial charge >= 0.3 is 0 Å². The Balaban J connectivity index is 0.00000101. The first kappa shape index (κ1) is 23.6. The largest absolute Gasteiger partial charge is 0.493 e. The Bertz CT molecular complexity index is 943. The van der Waals surface area contributed by atoms with Gasteiger partial charge in [0.15, 0.2) is 11.5 Å². The van der Waals surface area contributed by atoms with Crippen molar-refractivity contribution < 1.29 is 32.5 Å². The number of sulfonamides is 1. The molecule has 11 heteroatoms. The van der Waals surface area contributed by atoms with Crippen LogP contribution in [-0.4, -0.2) is 81.1 Å². The molecule has 10 nitrogen and oxygen atoms in total. The number of carbonyl (C=O) groups is 1. The van der Waals surface area contributed by atoms with Crippen molar-refractivity contribution in [3.05, 3.63) is 30.6 Å². The molecular formula is C19H27N3O7S. The number of carboxylic acid groups (broad SMARTS) is 1. The highest BCUT2D eigenvalue weighted by atomic mass is 32.2. The Labute approximate surface area is 176 Å². The van der Waals surface area contributed by atoms with Crippen LogP contribution in [0.1, 0.15) is 6.04 Å². The maximum atomic E-state index is 12.3. The minimum Gasteiger partial charge on any atom is -0.493 e. The van der Waals surface area contributed by atoms with Crippen LogP contribution in [0.2, 0.25) is 0 Å². The van der Waals surface area contributed by atoms with Gasteiger partial charge in [0.25, 0.3) is 6.47 Å². The highest BCUT2D eigenvalue weighted by Gasteiger charge is 2.35. The number of imidazole rings is 1. The monoisotopic (exact) mass is 441 g/mol. The summed E-state index contributed by atoms with van der Waals surface area (Å²) in [5.41, 5.74) is 0.860. The Morgan fingerprint density at radius 1 is 1.27 bits per heavy atom. The molecule has 1 aromatic heterocycles. The van der Waals surface area contributed by atoms with Crippen LogP contribution in [0, 0.1) is 5.92 Å². The van der Waals surface area contributed by atoms with Gasteiger partial charge in [-0.25, -0.2) is 17.7 Å². The standard InChI is InChI=1S/C18H25N3O5S.CH2O2/c1-20(2)27(22,23)12-14-10-26-11-15(14)21-8-7-19-18(21)13-5-6-16(24-3)17(9-13)25-4;2-1-3/h5-9,14-15H,10-12H2,1-4H3;1H,(H,2,3)/t14-,15+;/m0./s1. The minimum absolute atomic E-state index is 0.0359. The molecule has 0 amide bonds. The summed E-state index contributed by atoms with van der Waals surface area (Å²) in [6, 6.07) is 5.48. The second kappa shape index (κ2) is 10.4. The summed E-state index contributed by atoms with van der Waals surface area (Å²) in [6.07, 6.45) is 3.57. The zero-order valence-electron chi connectivity index (χ0n) is 17.4. The van der Waals surface area contributed by atoms with Crippen LogP contribution in [0.3, 0.4) is 0 Å². The molecule has 2 atom stereocenters. The quantitative estimate of drug-likeness (QED) is 0.639. The Hall–Kier alpha value is -2.63. The van der Waals surface area contributed by atoms with Crippen molar-refractivity contribution in [2.24, 2.45) is 5.92 Å². The second-order valence-corrected chi connectivity index (χ2v) is 8.99. The summed E-state index contributed by atoms with van der Waals surface area (Å²) in [4.78, 5) is 12.8. The smallest absolute Gasteiger partial charge is 0.290 e. The topological polar surface area (TPSA) is 120 Å². The lowest BCUT2D eigenvalue weighted by atomic mass is 10.1. The van der Waals surface area contributed by atoms with Crippen LogP contribution in [-0.2, 0) is 19.6 Å². The molecule has 30 heavy (non-hydrogen) atoms. The summed E-state index contributed by atoms with van der Waals surface area (Å²) in [5, 5.41) is 6.89. The lowest BCUT2D eigenvalue weighted by molar-refractivity contribution is -0.122. The number of rotatable bonds is 7. The Morgan fingerprint density at radius 2 is 1.93 bits per heavy atom. The predicted molar refractivity (Wildman–Crippen MR) is 110 cm³/mol. The third-order valence-electron chi connectivity index (χ3n) is 4.81. The fourth-order valence-electron chi connectivity index (χ4n) is 3.25. The van der Waals surface area contributed by atoms with E-state index in [1.165, 1.54) is 4.31 Å². The first-order valence-electron chi connectivity index (χ1n) is 9.10. The molecule has 166 valence electrons. The predicted octanol–water partition coefficient (Wildman–Crippen LogP) is 1.35. The van der Waals surface area contributed by atoms with Gasteiger partial charge in [0.2, 0.25) is 10.0 Å². The fourth-order valence-corrected chi connectivity index (χ4v) is 4.41. The van der Waals surface area contributed by atoms with Crippen molar-refractivity contribution in [3.8, 4) is 22.9 Å². The van der Waals surface area contributed by atoms with E-state index in [0.29, 0.717) is 24.7 Å². The van der Waals surface area contributed by atoms with E-state index in [0.717, 1.165) is 11.4 Å². The number of benzene rings is 1. The summed E-state index contributed by atoms with van der Waals surface area (Å²) >= 11 is 0. The molecule has 1 aliphatic rings. The summed E-state index contributed by atoms with van der Waals surface area (Å²) in [6.45, 7) is 0.603. The summed E-state index contributed by atoms with van der Waals surface area (Å²) in [5.74, 6) is 1.87. The molecule has 1 aliphatic heterocycles. The lowest BCUT2D eigenvalue weighted by Crippen LogP contribution is -2.32. The van der Waals surface area contributed by atoms with Crippen LogP contribution in [0.25, 0.3) is 11.4 Å². The molecule has 0 spiro atoms. The van der Waals surface area contributed by atoms with Crippen molar-refractivity contribution in [3.63, 3.8) is 0 Å². The second-order valence-electron chi connectivity index (χ2n) is 6.76. The van der Waals surface area contributed by atoms with Crippen molar-refractivity contribution in [2.45, 2.75) is 6.04 Å². The van der Waals surface area contributed by atoms with E-state index in [1.807, 2.05) is 29.0 Å². The average molecular weight is 442 g/mol. The highest BCUT2D eigenvalue weighted by molar-refractivity contribution is 7.89. The van der Waals surface area contributed by atoms with Gasteiger partial charge in [-0.15, -0.1) is 0 Å². The van der Waals surface area contributed by atoms with E-state index in [1.54, 1.807) is 34.5 Å². The van der Waals surface area contributed by atoms with Gasteiger partial charge in [0, 0.05) is 38.0 Å². The van der Waals surface area contributed by atoms with Crippen molar-refractivity contribution in [1.29, 1.82) is 0 Å². The first-order valence-corrected chi connectivity index (χ1v) is 10.7. The molecular weight excluding hydrogens is 414 g/mol. The highest BCUT2D eigenvalue weighted by Crippen LogP contribution is 2.35. The van der Waals surface area contributed by atoms with Gasteiger partial charge in [0.1, 0.15) is 5.82 Å². The van der Waals surface area contributed by atoms with Gasteiger partial charge in [-0.3, -0.25) is 4.79 Å². The van der Waals surface area contributed by atoms with Crippen molar-refractivity contribution in [1.82, 2.24) is 13.9 Å². The maximum absolute atomic E-state index is 12.3. The fraction of sp³-hybridized carbons (Fsp3) is 0.474. The number of ether oxygens (including phenoxy) is 3. The van der Waals surface area contributed by atoms with Gasteiger partial charge in [-0.2, -0.15) is 0 Å². The number of methoxy groups -OCH3 is 2. The average Bonchev–Trinajstić information content (AvgIpc) is 3.36. The molecule has 1 aromatic carbocycles. The van der Waals surface area contributed by atoms with Crippen LogP contribution in [0.5, 0.6) is 11.5 Å². The van der Waals surface area contributed by atoms with Crippen LogP contribution >= 0.6 is 0 Å². The molecule has 1 N–H and O–H groups in total. The van der Waals surface area contributed by atoms with E-state index in [2.05, 4.69) is 4.98 Å². The van der Waals surface area contributed by atoms with Crippen LogP contribution in [0.4, 0.5) is 0 Å². The third kappa shape index (κ3) is 5.29. The summed E-state index contributed by atoms with van der Waals surface area (Å²) in [7, 11) is 2.95. The van der Waals surface area contributed by atoms with E-state index < -0.39 is 10.0 Å². The zero-order chi connectivity index (χ0) is 22.3. The molecule has 0 aliphatic carbocycles. The molecule has 1 saturated heterocycles. The molecule has 0 bridgehead atoms.